The number of anilines is 1. The number of guanidine groups is 1. The monoisotopic (exact) mass is 555 g/mol. The quantitative estimate of drug-likeness (QED) is 0.253. The summed E-state index contributed by atoms with van der Waals surface area (Å²) in [6.45, 7) is 5.75. The Hall–Kier alpha value is -1.47. The van der Waals surface area contributed by atoms with Crippen LogP contribution in [0.2, 0.25) is 0 Å². The predicted molar refractivity (Wildman–Crippen MR) is 132 cm³/mol. The van der Waals surface area contributed by atoms with Gasteiger partial charge in [-0.25, -0.2) is 13.1 Å². The number of hydrogen-bond donors (Lipinski definition) is 3. The summed E-state index contributed by atoms with van der Waals surface area (Å²) in [6.07, 6.45) is 2.10. The summed E-state index contributed by atoms with van der Waals surface area (Å²) in [4.78, 5) is 6.53. The molecule has 1 aliphatic heterocycles. The zero-order valence-corrected chi connectivity index (χ0v) is 21.6. The van der Waals surface area contributed by atoms with Gasteiger partial charge in [-0.15, -0.1) is 24.0 Å². The molecule has 1 aliphatic rings. The predicted octanol–water partition coefficient (Wildman–Crippen LogP) is 1.39. The lowest BCUT2D eigenvalue weighted by atomic mass is 10.1. The second-order valence-corrected chi connectivity index (χ2v) is 9.58. The molecule has 1 aromatic carbocycles. The van der Waals surface area contributed by atoms with E-state index < -0.39 is 15.6 Å². The largest absolute Gasteiger partial charge is 0.497 e. The molecule has 1 fully saturated rings. The molecule has 1 saturated heterocycles. The SMILES string of the molecule is CN=C(NCC(C)(C)NS(C)(=O)=O)NC1CCN(c2cc(OC)cc(OC)c2)C1.I. The van der Waals surface area contributed by atoms with Crippen molar-refractivity contribution in [2.75, 3.05) is 52.1 Å². The third kappa shape index (κ3) is 8.34. The second kappa shape index (κ2) is 11.2. The molecule has 0 saturated carbocycles. The fourth-order valence-electron chi connectivity index (χ4n) is 3.32. The summed E-state index contributed by atoms with van der Waals surface area (Å²) in [5.74, 6) is 2.16. The fourth-order valence-corrected chi connectivity index (χ4v) is 4.39. The molecule has 3 N–H and O–H groups in total. The lowest BCUT2D eigenvalue weighted by Gasteiger charge is -2.27. The Balaban J connectivity index is 0.00000450. The van der Waals surface area contributed by atoms with Gasteiger partial charge in [0.2, 0.25) is 10.0 Å². The Labute approximate surface area is 197 Å². The number of nitrogens with zero attached hydrogens (tertiary/aromatic N) is 2. The second-order valence-electron chi connectivity index (χ2n) is 7.83. The van der Waals surface area contributed by atoms with E-state index in [1.807, 2.05) is 32.0 Å². The highest BCUT2D eigenvalue weighted by Gasteiger charge is 2.26. The van der Waals surface area contributed by atoms with Crippen LogP contribution in [0.1, 0.15) is 20.3 Å². The Morgan fingerprint density at radius 2 is 1.83 bits per heavy atom. The molecule has 0 radical (unpaired) electrons. The van der Waals surface area contributed by atoms with Gasteiger partial charge in [0.25, 0.3) is 0 Å². The number of halogens is 1. The summed E-state index contributed by atoms with van der Waals surface area (Å²) in [5.41, 5.74) is 0.413. The summed E-state index contributed by atoms with van der Waals surface area (Å²) < 4.78 is 36.3. The number of aliphatic imine (C=N–C) groups is 1. The molecule has 11 heteroatoms. The zero-order valence-electron chi connectivity index (χ0n) is 18.5. The maximum absolute atomic E-state index is 11.5. The van der Waals surface area contributed by atoms with Crippen molar-refractivity contribution in [1.29, 1.82) is 0 Å². The van der Waals surface area contributed by atoms with E-state index in [9.17, 15) is 8.42 Å². The summed E-state index contributed by atoms with van der Waals surface area (Å²) >= 11 is 0. The van der Waals surface area contributed by atoms with Gasteiger partial charge in [-0.05, 0) is 20.3 Å². The van der Waals surface area contributed by atoms with Gasteiger partial charge in [0, 0.05) is 62.1 Å². The highest BCUT2D eigenvalue weighted by molar-refractivity contribution is 14.0. The van der Waals surface area contributed by atoms with Crippen LogP contribution in [-0.4, -0.2) is 73.1 Å². The Morgan fingerprint density at radius 1 is 1.23 bits per heavy atom. The summed E-state index contributed by atoms with van der Waals surface area (Å²) in [6, 6.07) is 6.06. The number of hydrogen-bond acceptors (Lipinski definition) is 6. The van der Waals surface area contributed by atoms with Crippen molar-refractivity contribution < 1.29 is 17.9 Å². The number of benzene rings is 1. The minimum absolute atomic E-state index is 0. The third-order valence-corrected chi connectivity index (χ3v) is 5.54. The van der Waals surface area contributed by atoms with E-state index in [0.717, 1.165) is 43.0 Å². The van der Waals surface area contributed by atoms with Crippen molar-refractivity contribution in [3.8, 4) is 11.5 Å². The van der Waals surface area contributed by atoms with Crippen LogP contribution < -0.4 is 29.7 Å². The molecule has 0 aliphatic carbocycles. The number of rotatable bonds is 8. The van der Waals surface area contributed by atoms with Crippen LogP contribution in [0.5, 0.6) is 11.5 Å². The summed E-state index contributed by atoms with van der Waals surface area (Å²) in [5, 5.41) is 6.62. The van der Waals surface area contributed by atoms with Crippen LogP contribution in [-0.2, 0) is 10.0 Å². The van der Waals surface area contributed by atoms with Crippen molar-refractivity contribution in [3.05, 3.63) is 18.2 Å². The fraction of sp³-hybridized carbons (Fsp3) is 0.632. The molecule has 1 atom stereocenters. The number of methoxy groups -OCH3 is 2. The van der Waals surface area contributed by atoms with Gasteiger partial charge in [0.1, 0.15) is 11.5 Å². The minimum atomic E-state index is -3.29. The van der Waals surface area contributed by atoms with Crippen molar-refractivity contribution >= 4 is 45.6 Å². The summed E-state index contributed by atoms with van der Waals surface area (Å²) in [7, 11) is 1.70. The average Bonchev–Trinajstić information content (AvgIpc) is 3.11. The number of ether oxygens (including phenoxy) is 2. The first-order chi connectivity index (χ1) is 13.5. The first-order valence-electron chi connectivity index (χ1n) is 9.49. The molecule has 1 aromatic rings. The standard InChI is InChI=1S/C19H33N5O4S.HI/c1-19(2,23-29(6,25)26)13-21-18(20-3)22-14-7-8-24(12-14)15-9-16(27-4)11-17(10-15)28-5;/h9-11,14,23H,7-8,12-13H2,1-6H3,(H2,20,21,22);1H. The normalized spacial score (nSPS) is 17.3. The lowest BCUT2D eigenvalue weighted by Crippen LogP contribution is -2.54. The van der Waals surface area contributed by atoms with E-state index in [0.29, 0.717) is 12.5 Å². The van der Waals surface area contributed by atoms with E-state index in [4.69, 9.17) is 9.47 Å². The van der Waals surface area contributed by atoms with Crippen LogP contribution in [0.25, 0.3) is 0 Å². The van der Waals surface area contributed by atoms with Gasteiger partial charge in [-0.2, -0.15) is 0 Å². The maximum Gasteiger partial charge on any atom is 0.209 e. The molecule has 172 valence electrons. The molecule has 1 unspecified atom stereocenters. The minimum Gasteiger partial charge on any atom is -0.497 e. The van der Waals surface area contributed by atoms with E-state index >= 15 is 0 Å². The van der Waals surface area contributed by atoms with Crippen LogP contribution in [0.4, 0.5) is 5.69 Å². The van der Waals surface area contributed by atoms with Crippen LogP contribution >= 0.6 is 24.0 Å². The molecule has 0 spiro atoms. The molecule has 30 heavy (non-hydrogen) atoms. The molecular formula is C19H34IN5O4S. The first kappa shape index (κ1) is 26.6. The van der Waals surface area contributed by atoms with Crippen molar-refractivity contribution in [2.24, 2.45) is 4.99 Å². The molecule has 1 heterocycles. The van der Waals surface area contributed by atoms with E-state index in [1.54, 1.807) is 21.3 Å². The van der Waals surface area contributed by atoms with Crippen LogP contribution in [0, 0.1) is 0 Å². The Morgan fingerprint density at radius 3 is 2.33 bits per heavy atom. The number of nitrogens with one attached hydrogen (secondary N) is 3. The van der Waals surface area contributed by atoms with Gasteiger partial charge in [-0.1, -0.05) is 0 Å². The maximum atomic E-state index is 11.5. The lowest BCUT2D eigenvalue weighted by molar-refractivity contribution is 0.394. The topological polar surface area (TPSA) is 104 Å². The van der Waals surface area contributed by atoms with E-state index in [2.05, 4.69) is 25.2 Å². The van der Waals surface area contributed by atoms with Gasteiger partial charge in [0.15, 0.2) is 5.96 Å². The Kier molecular flexibility index (Phi) is 9.95. The average molecular weight is 555 g/mol. The van der Waals surface area contributed by atoms with Gasteiger partial charge >= 0.3 is 0 Å². The molecule has 0 bridgehead atoms. The van der Waals surface area contributed by atoms with Crippen LogP contribution in [0.3, 0.4) is 0 Å². The molecule has 2 rings (SSSR count). The van der Waals surface area contributed by atoms with E-state index in [-0.39, 0.29) is 30.0 Å². The number of sulfonamides is 1. The van der Waals surface area contributed by atoms with Crippen molar-refractivity contribution in [3.63, 3.8) is 0 Å². The van der Waals surface area contributed by atoms with Crippen molar-refractivity contribution in [2.45, 2.75) is 31.8 Å². The van der Waals surface area contributed by atoms with Crippen LogP contribution in [0.15, 0.2) is 23.2 Å². The van der Waals surface area contributed by atoms with E-state index in [1.165, 1.54) is 0 Å². The molecule has 9 nitrogen and oxygen atoms in total. The van der Waals surface area contributed by atoms with Crippen molar-refractivity contribution in [1.82, 2.24) is 15.4 Å². The smallest absolute Gasteiger partial charge is 0.209 e. The first-order valence-corrected chi connectivity index (χ1v) is 11.4. The molecule has 0 aromatic heterocycles. The third-order valence-electron chi connectivity index (χ3n) is 4.61. The Bertz CT molecular complexity index is 810. The molecular weight excluding hydrogens is 521 g/mol. The highest BCUT2D eigenvalue weighted by atomic mass is 127. The zero-order chi connectivity index (χ0) is 21.7. The van der Waals surface area contributed by atoms with Gasteiger partial charge in [0.05, 0.1) is 20.5 Å². The highest BCUT2D eigenvalue weighted by Crippen LogP contribution is 2.30. The van der Waals surface area contributed by atoms with Gasteiger partial charge in [-0.3, -0.25) is 4.99 Å². The molecule has 0 amide bonds. The van der Waals surface area contributed by atoms with Gasteiger partial charge < -0.3 is 25.0 Å².